The summed E-state index contributed by atoms with van der Waals surface area (Å²) in [5, 5.41) is 0. The zero-order valence-electron chi connectivity index (χ0n) is 5.35. The van der Waals surface area contributed by atoms with Gasteiger partial charge in [-0.3, -0.25) is 0 Å². The summed E-state index contributed by atoms with van der Waals surface area (Å²) in [6.07, 6.45) is 4.68. The monoisotopic (exact) mass is 128 g/mol. The Morgan fingerprint density at radius 3 is 2.50 bits per heavy atom. The molecule has 2 aliphatic rings. The fourth-order valence-corrected chi connectivity index (χ4v) is 4.04. The van der Waals surface area contributed by atoms with Gasteiger partial charge in [-0.05, 0) is 36.5 Å². The van der Waals surface area contributed by atoms with Crippen molar-refractivity contribution < 1.29 is 0 Å². The number of hydrogen-bond acceptors (Lipinski definition) is 0. The van der Waals surface area contributed by atoms with Crippen LogP contribution >= 0.6 is 8.58 Å². The minimum Gasteiger partial charge on any atom is -0.116 e. The largest absolute Gasteiger partial charge is 0.116 e. The third-order valence-electron chi connectivity index (χ3n) is 2.57. The molecule has 0 aromatic rings. The highest BCUT2D eigenvalue weighted by molar-refractivity contribution is 7.40. The van der Waals surface area contributed by atoms with Crippen LogP contribution in [-0.2, 0) is 0 Å². The van der Waals surface area contributed by atoms with E-state index in [4.69, 9.17) is 0 Å². The second-order valence-electron chi connectivity index (χ2n) is 3.25. The maximum atomic E-state index is 2.41. The van der Waals surface area contributed by atoms with E-state index in [1.54, 1.807) is 19.3 Å². The predicted octanol–water partition coefficient (Wildman–Crippen LogP) is 2.24. The lowest BCUT2D eigenvalue weighted by Gasteiger charge is -2.29. The van der Waals surface area contributed by atoms with Gasteiger partial charge in [-0.15, -0.1) is 8.58 Å². The van der Waals surface area contributed by atoms with Gasteiger partial charge in [0, 0.05) is 0 Å². The van der Waals surface area contributed by atoms with Crippen LogP contribution in [0.15, 0.2) is 0 Å². The van der Waals surface area contributed by atoms with Crippen LogP contribution in [-0.4, -0.2) is 11.3 Å². The van der Waals surface area contributed by atoms with E-state index in [0.717, 1.165) is 5.66 Å². The summed E-state index contributed by atoms with van der Waals surface area (Å²) in [6, 6.07) is 0. The van der Waals surface area contributed by atoms with E-state index in [0.29, 0.717) is 0 Å². The molecule has 1 aliphatic heterocycles. The van der Waals surface area contributed by atoms with Crippen LogP contribution in [0.2, 0.25) is 0 Å². The lowest BCUT2D eigenvalue weighted by Crippen LogP contribution is -2.22. The Kier molecular flexibility index (Phi) is 1.11. The second kappa shape index (κ2) is 1.70. The highest BCUT2D eigenvalue weighted by atomic mass is 31.1. The van der Waals surface area contributed by atoms with Gasteiger partial charge < -0.3 is 0 Å². The van der Waals surface area contributed by atoms with Gasteiger partial charge >= 0.3 is 0 Å². The third-order valence-corrected chi connectivity index (χ3v) is 4.57. The van der Waals surface area contributed by atoms with Crippen LogP contribution in [0.25, 0.3) is 0 Å². The number of fused-ring (bicyclic) bond motifs is 1. The van der Waals surface area contributed by atoms with E-state index in [1.165, 1.54) is 20.2 Å². The van der Waals surface area contributed by atoms with Crippen molar-refractivity contribution in [2.45, 2.75) is 37.5 Å². The fraction of sp³-hybridized carbons (Fsp3) is 1.00. The summed E-state index contributed by atoms with van der Waals surface area (Å²) in [5.41, 5.74) is 2.29. The van der Waals surface area contributed by atoms with Crippen molar-refractivity contribution >= 4 is 8.58 Å². The summed E-state index contributed by atoms with van der Waals surface area (Å²) in [5.74, 6) is 1.18. The Morgan fingerprint density at radius 1 is 1.38 bits per heavy atom. The van der Waals surface area contributed by atoms with Crippen LogP contribution in [0, 0.1) is 5.92 Å². The first kappa shape index (κ1) is 5.23. The van der Waals surface area contributed by atoms with E-state index >= 15 is 0 Å². The van der Waals surface area contributed by atoms with Gasteiger partial charge in [-0.25, -0.2) is 0 Å². The van der Waals surface area contributed by atoms with E-state index in [1.807, 2.05) is 0 Å². The zero-order valence-corrected chi connectivity index (χ0v) is 6.35. The number of hydrogen-bond donors (Lipinski definition) is 0. The molecule has 0 bridgehead atoms. The lowest BCUT2D eigenvalue weighted by atomic mass is 9.82. The summed E-state index contributed by atoms with van der Waals surface area (Å²) >= 11 is 0. The average molecular weight is 128 g/mol. The first-order valence-corrected chi connectivity index (χ1v) is 4.78. The Bertz CT molecular complexity index is 88.6. The zero-order chi connectivity index (χ0) is 5.56. The molecular weight excluding hydrogens is 115 g/mol. The molecule has 4 atom stereocenters. The molecule has 0 amide bonds. The normalized spacial score (nSPS) is 55.9. The lowest BCUT2D eigenvalue weighted by molar-refractivity contribution is 0.332. The molecule has 1 saturated heterocycles. The molecule has 0 radical (unpaired) electrons. The van der Waals surface area contributed by atoms with Gasteiger partial charge in [0.15, 0.2) is 0 Å². The molecule has 0 N–H and O–H groups in total. The van der Waals surface area contributed by atoms with Gasteiger partial charge in [-0.1, -0.05) is 6.92 Å². The van der Waals surface area contributed by atoms with Crippen molar-refractivity contribution in [3.8, 4) is 0 Å². The Labute approximate surface area is 52.8 Å². The molecule has 1 heteroatoms. The Morgan fingerprint density at radius 2 is 2.25 bits per heavy atom. The third kappa shape index (κ3) is 0.624. The molecule has 1 saturated carbocycles. The van der Waals surface area contributed by atoms with E-state index < -0.39 is 0 Å². The van der Waals surface area contributed by atoms with Crippen molar-refractivity contribution in [2.24, 2.45) is 5.92 Å². The van der Waals surface area contributed by atoms with E-state index in [9.17, 15) is 0 Å². The Balaban J connectivity index is 2.00. The minimum atomic E-state index is 1.09. The Hall–Kier alpha value is 0.430. The molecule has 1 heterocycles. The maximum absolute atomic E-state index is 2.41. The second-order valence-corrected chi connectivity index (χ2v) is 5.31. The molecule has 0 aromatic heterocycles. The highest BCUT2D eigenvalue weighted by Crippen LogP contribution is 2.53. The van der Waals surface area contributed by atoms with E-state index in [-0.39, 0.29) is 0 Å². The summed E-state index contributed by atoms with van der Waals surface area (Å²) < 4.78 is 0. The molecule has 4 unspecified atom stereocenters. The predicted molar refractivity (Wildman–Crippen MR) is 38.9 cm³/mol. The molecule has 8 heavy (non-hydrogen) atoms. The molecule has 0 aromatic carbocycles. The van der Waals surface area contributed by atoms with Crippen molar-refractivity contribution in [1.29, 1.82) is 0 Å². The average Bonchev–Trinajstić information content (AvgIpc) is 1.91. The summed E-state index contributed by atoms with van der Waals surface area (Å²) in [7, 11) is 1.32. The van der Waals surface area contributed by atoms with Gasteiger partial charge in [0.2, 0.25) is 0 Å². The van der Waals surface area contributed by atoms with Gasteiger partial charge in [0.1, 0.15) is 0 Å². The molecule has 46 valence electrons. The van der Waals surface area contributed by atoms with Crippen LogP contribution < -0.4 is 0 Å². The highest BCUT2D eigenvalue weighted by Gasteiger charge is 2.37. The first-order valence-electron chi connectivity index (χ1n) is 3.62. The van der Waals surface area contributed by atoms with Crippen molar-refractivity contribution in [1.82, 2.24) is 0 Å². The molecule has 2 fully saturated rings. The SMILES string of the molecule is CC1CC2CCC2P1. The van der Waals surface area contributed by atoms with Crippen LogP contribution in [0.3, 0.4) is 0 Å². The quantitative estimate of drug-likeness (QED) is 0.439. The minimum absolute atomic E-state index is 1.09. The van der Waals surface area contributed by atoms with Gasteiger partial charge in [0.25, 0.3) is 0 Å². The van der Waals surface area contributed by atoms with Crippen molar-refractivity contribution in [3.05, 3.63) is 0 Å². The van der Waals surface area contributed by atoms with Crippen LogP contribution in [0.4, 0.5) is 0 Å². The van der Waals surface area contributed by atoms with Crippen LogP contribution in [0.1, 0.15) is 26.2 Å². The summed E-state index contributed by atoms with van der Waals surface area (Å²) in [6.45, 7) is 2.41. The number of rotatable bonds is 0. The molecule has 1 aliphatic carbocycles. The molecule has 2 rings (SSSR count). The maximum Gasteiger partial charge on any atom is -0.0206 e. The molecule has 0 spiro atoms. The van der Waals surface area contributed by atoms with Gasteiger partial charge in [0.05, 0.1) is 0 Å². The van der Waals surface area contributed by atoms with Crippen molar-refractivity contribution in [2.75, 3.05) is 0 Å². The summed E-state index contributed by atoms with van der Waals surface area (Å²) in [4.78, 5) is 0. The smallest absolute Gasteiger partial charge is 0.0206 e. The first-order chi connectivity index (χ1) is 3.86. The van der Waals surface area contributed by atoms with Crippen molar-refractivity contribution in [3.63, 3.8) is 0 Å². The molecule has 0 nitrogen and oxygen atoms in total. The van der Waals surface area contributed by atoms with Gasteiger partial charge in [-0.2, -0.15) is 0 Å². The van der Waals surface area contributed by atoms with Crippen LogP contribution in [0.5, 0.6) is 0 Å². The van der Waals surface area contributed by atoms with E-state index in [2.05, 4.69) is 6.92 Å². The fourth-order valence-electron chi connectivity index (χ4n) is 1.96. The topological polar surface area (TPSA) is 0 Å². The standard InChI is InChI=1S/C7H13P/c1-5-4-6-2-3-7(6)8-5/h5-8H,2-4H2,1H3. The molecular formula is C7H13P.